The van der Waals surface area contributed by atoms with E-state index in [1.807, 2.05) is 4.90 Å². The van der Waals surface area contributed by atoms with Crippen LogP contribution in [-0.2, 0) is 10.0 Å². The number of carbonyl (C=O) groups excluding carboxylic acids is 1. The Hall–Kier alpha value is -1.44. The van der Waals surface area contributed by atoms with E-state index in [2.05, 4.69) is 4.90 Å². The molecule has 3 heterocycles. The molecule has 7 heteroatoms. The lowest BCUT2D eigenvalue weighted by atomic mass is 10.0. The van der Waals surface area contributed by atoms with Crippen LogP contribution in [-0.4, -0.2) is 73.7 Å². The third-order valence-electron chi connectivity index (χ3n) is 5.91. The van der Waals surface area contributed by atoms with E-state index in [9.17, 15) is 13.2 Å². The van der Waals surface area contributed by atoms with Gasteiger partial charge in [-0.1, -0.05) is 12.5 Å². The van der Waals surface area contributed by atoms with Crippen LogP contribution in [0.3, 0.4) is 0 Å². The molecule has 0 aliphatic carbocycles. The second kappa shape index (κ2) is 7.29. The number of likely N-dealkylation sites (tertiary alicyclic amines) is 1. The van der Waals surface area contributed by atoms with Gasteiger partial charge in [-0.15, -0.1) is 0 Å². The molecular formula is C19H27N3O3S. The summed E-state index contributed by atoms with van der Waals surface area (Å²) in [6.45, 7) is 4.50. The van der Waals surface area contributed by atoms with Crippen LogP contribution in [0.4, 0.5) is 0 Å². The van der Waals surface area contributed by atoms with Crippen LogP contribution < -0.4 is 0 Å². The highest BCUT2D eigenvalue weighted by molar-refractivity contribution is 7.89. The number of benzene rings is 1. The molecule has 0 aromatic heterocycles. The smallest absolute Gasteiger partial charge is 0.253 e. The largest absolute Gasteiger partial charge is 0.339 e. The van der Waals surface area contributed by atoms with Crippen molar-refractivity contribution in [3.8, 4) is 0 Å². The highest BCUT2D eigenvalue weighted by Crippen LogP contribution is 2.26. The van der Waals surface area contributed by atoms with Crippen molar-refractivity contribution in [2.24, 2.45) is 0 Å². The molecule has 0 saturated carbocycles. The van der Waals surface area contributed by atoms with Crippen LogP contribution in [0.1, 0.15) is 42.5 Å². The maximum atomic E-state index is 13.1. The number of amides is 1. The first-order chi connectivity index (χ1) is 12.6. The molecule has 3 saturated heterocycles. The van der Waals surface area contributed by atoms with E-state index in [0.717, 1.165) is 45.4 Å². The molecule has 1 unspecified atom stereocenters. The third kappa shape index (κ3) is 3.40. The molecule has 0 spiro atoms. The summed E-state index contributed by atoms with van der Waals surface area (Å²) in [5, 5.41) is 0. The van der Waals surface area contributed by atoms with Crippen molar-refractivity contribution in [2.45, 2.75) is 43.0 Å². The van der Waals surface area contributed by atoms with Gasteiger partial charge in [0.2, 0.25) is 10.0 Å². The molecule has 3 aliphatic heterocycles. The Morgan fingerprint density at radius 3 is 2.54 bits per heavy atom. The first-order valence-electron chi connectivity index (χ1n) is 9.69. The topological polar surface area (TPSA) is 60.9 Å². The second-order valence-corrected chi connectivity index (χ2v) is 9.51. The SMILES string of the molecule is O=C(c1cccc(S(=O)(=O)N2CCN3CCCCC3C2)c1)N1CCCC1. The van der Waals surface area contributed by atoms with Crippen molar-refractivity contribution in [2.75, 3.05) is 39.3 Å². The lowest BCUT2D eigenvalue weighted by Gasteiger charge is -2.43. The highest BCUT2D eigenvalue weighted by Gasteiger charge is 2.35. The zero-order chi connectivity index (χ0) is 18.1. The maximum Gasteiger partial charge on any atom is 0.253 e. The van der Waals surface area contributed by atoms with Gasteiger partial charge in [0.25, 0.3) is 5.91 Å². The maximum absolute atomic E-state index is 13.1. The Labute approximate surface area is 155 Å². The highest BCUT2D eigenvalue weighted by atomic mass is 32.2. The first kappa shape index (κ1) is 17.9. The number of hydrogen-bond acceptors (Lipinski definition) is 4. The molecule has 0 radical (unpaired) electrons. The van der Waals surface area contributed by atoms with Gasteiger partial charge in [-0.05, 0) is 50.4 Å². The van der Waals surface area contributed by atoms with Gasteiger partial charge in [0.05, 0.1) is 4.90 Å². The van der Waals surface area contributed by atoms with E-state index >= 15 is 0 Å². The Kier molecular flexibility index (Phi) is 5.03. The summed E-state index contributed by atoms with van der Waals surface area (Å²) in [5.41, 5.74) is 0.476. The number of fused-ring (bicyclic) bond motifs is 1. The number of piperazine rings is 1. The van der Waals surface area contributed by atoms with Crippen molar-refractivity contribution in [1.29, 1.82) is 0 Å². The van der Waals surface area contributed by atoms with E-state index in [1.165, 1.54) is 12.8 Å². The summed E-state index contributed by atoms with van der Waals surface area (Å²) < 4.78 is 27.9. The summed E-state index contributed by atoms with van der Waals surface area (Å²) in [6.07, 6.45) is 5.50. The summed E-state index contributed by atoms with van der Waals surface area (Å²) in [6, 6.07) is 6.92. The first-order valence-corrected chi connectivity index (χ1v) is 11.1. The van der Waals surface area contributed by atoms with Gasteiger partial charge in [-0.2, -0.15) is 4.31 Å². The molecule has 1 atom stereocenters. The average Bonchev–Trinajstić information content (AvgIpc) is 3.22. The van der Waals surface area contributed by atoms with Crippen molar-refractivity contribution in [3.63, 3.8) is 0 Å². The molecule has 3 fully saturated rings. The number of sulfonamides is 1. The van der Waals surface area contributed by atoms with Crippen molar-refractivity contribution in [3.05, 3.63) is 29.8 Å². The molecule has 1 amide bonds. The van der Waals surface area contributed by atoms with Crippen LogP contribution >= 0.6 is 0 Å². The van der Waals surface area contributed by atoms with Gasteiger partial charge in [0, 0.05) is 44.3 Å². The van der Waals surface area contributed by atoms with Crippen LogP contribution in [0, 0.1) is 0 Å². The minimum absolute atomic E-state index is 0.0587. The molecular weight excluding hydrogens is 350 g/mol. The Bertz CT molecular complexity index is 774. The lowest BCUT2D eigenvalue weighted by Crippen LogP contribution is -2.56. The van der Waals surface area contributed by atoms with Crippen LogP contribution in [0.15, 0.2) is 29.2 Å². The summed E-state index contributed by atoms with van der Waals surface area (Å²) >= 11 is 0. The van der Waals surface area contributed by atoms with E-state index in [-0.39, 0.29) is 10.8 Å². The Morgan fingerprint density at radius 2 is 1.73 bits per heavy atom. The molecule has 4 rings (SSSR count). The normalized spacial score (nSPS) is 25.2. The fraction of sp³-hybridized carbons (Fsp3) is 0.632. The fourth-order valence-corrected chi connectivity index (χ4v) is 5.90. The number of nitrogens with zero attached hydrogens (tertiary/aromatic N) is 3. The van der Waals surface area contributed by atoms with Crippen molar-refractivity contribution >= 4 is 15.9 Å². The fourth-order valence-electron chi connectivity index (χ4n) is 4.39. The average molecular weight is 378 g/mol. The lowest BCUT2D eigenvalue weighted by molar-refractivity contribution is 0.0792. The van der Waals surface area contributed by atoms with Gasteiger partial charge in [-0.3, -0.25) is 9.69 Å². The molecule has 6 nitrogen and oxygen atoms in total. The number of carbonyl (C=O) groups is 1. The van der Waals surface area contributed by atoms with Crippen molar-refractivity contribution in [1.82, 2.24) is 14.1 Å². The summed E-state index contributed by atoms with van der Waals surface area (Å²) in [5.74, 6) is -0.0587. The standard InChI is InChI=1S/C19H27N3O3S/c23-19(21-10-3-4-11-21)16-6-5-8-18(14-16)26(24,25)22-13-12-20-9-2-1-7-17(20)15-22/h5-6,8,14,17H,1-4,7,9-13,15H2. The summed E-state index contributed by atoms with van der Waals surface area (Å²) in [4.78, 5) is 17.1. The van der Waals surface area contributed by atoms with E-state index in [4.69, 9.17) is 0 Å². The molecule has 142 valence electrons. The molecule has 0 N–H and O–H groups in total. The minimum Gasteiger partial charge on any atom is -0.339 e. The van der Waals surface area contributed by atoms with Crippen LogP contribution in [0.2, 0.25) is 0 Å². The zero-order valence-corrected chi connectivity index (χ0v) is 16.0. The molecule has 1 aromatic carbocycles. The monoisotopic (exact) mass is 377 g/mol. The third-order valence-corrected chi connectivity index (χ3v) is 7.77. The summed E-state index contributed by atoms with van der Waals surface area (Å²) in [7, 11) is -3.56. The van der Waals surface area contributed by atoms with E-state index in [0.29, 0.717) is 24.7 Å². The quantitative estimate of drug-likeness (QED) is 0.806. The Morgan fingerprint density at radius 1 is 0.962 bits per heavy atom. The minimum atomic E-state index is -3.56. The molecule has 3 aliphatic rings. The predicted molar refractivity (Wildman–Crippen MR) is 99.6 cm³/mol. The number of rotatable bonds is 3. The van der Waals surface area contributed by atoms with Gasteiger partial charge >= 0.3 is 0 Å². The molecule has 1 aromatic rings. The van der Waals surface area contributed by atoms with Crippen LogP contribution in [0.25, 0.3) is 0 Å². The Balaban J connectivity index is 1.54. The molecule has 26 heavy (non-hydrogen) atoms. The zero-order valence-electron chi connectivity index (χ0n) is 15.1. The second-order valence-electron chi connectivity index (χ2n) is 7.58. The van der Waals surface area contributed by atoms with E-state index in [1.54, 1.807) is 28.6 Å². The van der Waals surface area contributed by atoms with Crippen molar-refractivity contribution < 1.29 is 13.2 Å². The predicted octanol–water partition coefficient (Wildman–Crippen LogP) is 1.78. The van der Waals surface area contributed by atoms with Gasteiger partial charge in [0.1, 0.15) is 0 Å². The van der Waals surface area contributed by atoms with Gasteiger partial charge in [-0.25, -0.2) is 8.42 Å². The van der Waals surface area contributed by atoms with Gasteiger partial charge < -0.3 is 4.90 Å². The number of hydrogen-bond donors (Lipinski definition) is 0. The number of piperidine rings is 1. The van der Waals surface area contributed by atoms with Gasteiger partial charge in [0.15, 0.2) is 0 Å². The van der Waals surface area contributed by atoms with E-state index < -0.39 is 10.0 Å². The molecule has 0 bridgehead atoms. The van der Waals surface area contributed by atoms with Crippen LogP contribution in [0.5, 0.6) is 0 Å².